The van der Waals surface area contributed by atoms with Crippen molar-refractivity contribution in [1.29, 1.82) is 0 Å². The number of ether oxygens (including phenoxy) is 1. The van der Waals surface area contributed by atoms with Gasteiger partial charge in [0.25, 0.3) is 5.91 Å². The number of fused-ring (bicyclic) bond motifs is 1. The number of hydrogen-bond acceptors (Lipinski definition) is 6. The summed E-state index contributed by atoms with van der Waals surface area (Å²) in [6.07, 6.45) is -4.61. The molecule has 1 atom stereocenters. The predicted molar refractivity (Wildman–Crippen MR) is 139 cm³/mol. The molecule has 9 nitrogen and oxygen atoms in total. The summed E-state index contributed by atoms with van der Waals surface area (Å²) in [5.41, 5.74) is -3.36. The van der Waals surface area contributed by atoms with E-state index >= 15 is 0 Å². The standard InChI is InChI=1S/C26H29F4N3O6S/c1-15(24(2,3)36)32-21-13-16(22(34)31-25(4)9-11-40(37,38)12-10-25)5-8-19(21)33(23(32)35)20-14-17(6-7-18(20)27)39-26(28,29)30/h5-8,13-15,36H,9-12H2,1-4H3,(H,31,34)/t15-/m0/s1. The lowest BCUT2D eigenvalue weighted by Gasteiger charge is -2.34. The van der Waals surface area contributed by atoms with E-state index in [9.17, 15) is 40.7 Å². The maximum atomic E-state index is 14.9. The highest BCUT2D eigenvalue weighted by molar-refractivity contribution is 7.91. The van der Waals surface area contributed by atoms with Crippen LogP contribution in [0.15, 0.2) is 41.2 Å². The van der Waals surface area contributed by atoms with Gasteiger partial charge in [-0.25, -0.2) is 17.6 Å². The summed E-state index contributed by atoms with van der Waals surface area (Å²) in [6.45, 7) is 6.15. The zero-order valence-corrected chi connectivity index (χ0v) is 23.0. The number of benzene rings is 2. The number of sulfone groups is 1. The number of hydrogen-bond donors (Lipinski definition) is 2. The normalized spacial score (nSPS) is 17.9. The monoisotopic (exact) mass is 587 g/mol. The van der Waals surface area contributed by atoms with Gasteiger partial charge in [0.1, 0.15) is 21.4 Å². The number of rotatable bonds is 6. The van der Waals surface area contributed by atoms with E-state index in [2.05, 4.69) is 10.1 Å². The highest BCUT2D eigenvalue weighted by Crippen LogP contribution is 2.31. The average Bonchev–Trinajstić information content (AvgIpc) is 3.11. The second kappa shape index (κ2) is 9.91. The number of imidazole rings is 1. The molecule has 2 N–H and O–H groups in total. The zero-order valence-electron chi connectivity index (χ0n) is 22.2. The van der Waals surface area contributed by atoms with Crippen LogP contribution in [0.3, 0.4) is 0 Å². The summed E-state index contributed by atoms with van der Waals surface area (Å²) in [6, 6.07) is 5.41. The molecule has 4 rings (SSSR count). The van der Waals surface area contributed by atoms with Gasteiger partial charge in [0.05, 0.1) is 39.9 Å². The number of aliphatic hydroxyl groups is 1. The van der Waals surface area contributed by atoms with Crippen molar-refractivity contribution in [2.24, 2.45) is 0 Å². The van der Waals surface area contributed by atoms with Gasteiger partial charge in [0.15, 0.2) is 0 Å². The van der Waals surface area contributed by atoms with Crippen LogP contribution >= 0.6 is 0 Å². The van der Waals surface area contributed by atoms with Gasteiger partial charge < -0.3 is 15.2 Å². The van der Waals surface area contributed by atoms with Crippen molar-refractivity contribution in [3.63, 3.8) is 0 Å². The number of alkyl halides is 3. The molecule has 0 bridgehead atoms. The van der Waals surface area contributed by atoms with Gasteiger partial charge in [-0.15, -0.1) is 13.2 Å². The molecule has 1 aromatic heterocycles. The van der Waals surface area contributed by atoms with Crippen LogP contribution in [0.25, 0.3) is 16.7 Å². The summed E-state index contributed by atoms with van der Waals surface area (Å²) in [5, 5.41) is 13.5. The molecule has 1 saturated heterocycles. The topological polar surface area (TPSA) is 120 Å². The van der Waals surface area contributed by atoms with E-state index in [0.29, 0.717) is 0 Å². The molecule has 0 spiro atoms. The van der Waals surface area contributed by atoms with Crippen LogP contribution in [0, 0.1) is 5.82 Å². The maximum absolute atomic E-state index is 14.9. The lowest BCUT2D eigenvalue weighted by atomic mass is 9.94. The number of nitrogens with one attached hydrogen (secondary N) is 1. The molecular weight excluding hydrogens is 558 g/mol. The summed E-state index contributed by atoms with van der Waals surface area (Å²) >= 11 is 0. The molecule has 0 aliphatic carbocycles. The van der Waals surface area contributed by atoms with Crippen molar-refractivity contribution in [3.8, 4) is 11.4 Å². The van der Waals surface area contributed by atoms with Gasteiger partial charge >= 0.3 is 12.1 Å². The molecule has 218 valence electrons. The molecule has 1 amide bonds. The van der Waals surface area contributed by atoms with Gasteiger partial charge in [-0.3, -0.25) is 13.9 Å². The van der Waals surface area contributed by atoms with Gasteiger partial charge in [0.2, 0.25) is 0 Å². The van der Waals surface area contributed by atoms with E-state index < -0.39 is 62.2 Å². The van der Waals surface area contributed by atoms with Gasteiger partial charge in [-0.05, 0) is 70.9 Å². The fraction of sp³-hybridized carbons (Fsp3) is 0.462. The molecule has 14 heteroatoms. The van der Waals surface area contributed by atoms with E-state index in [-0.39, 0.29) is 40.9 Å². The number of nitrogens with zero attached hydrogens (tertiary/aromatic N) is 2. The Labute approximate surface area is 227 Å². The maximum Gasteiger partial charge on any atom is 0.573 e. The SMILES string of the molecule is C[C@H](n1c(=O)n(-c2cc(OC(F)(F)F)ccc2F)c2ccc(C(=O)NC3(C)CCS(=O)(=O)CC3)cc21)C(C)(C)O. The minimum absolute atomic E-state index is 0.0654. The first-order valence-electron chi connectivity index (χ1n) is 12.4. The van der Waals surface area contributed by atoms with Crippen molar-refractivity contribution < 1.29 is 40.6 Å². The number of amides is 1. The molecule has 40 heavy (non-hydrogen) atoms. The second-order valence-electron chi connectivity index (χ2n) is 10.8. The molecule has 0 unspecified atom stereocenters. The Balaban J connectivity index is 1.85. The summed E-state index contributed by atoms with van der Waals surface area (Å²) in [4.78, 5) is 26.9. The molecule has 1 aliphatic rings. The molecule has 1 fully saturated rings. The number of halogens is 4. The smallest absolute Gasteiger partial charge is 0.406 e. The Hall–Kier alpha value is -3.39. The van der Waals surface area contributed by atoms with Gasteiger partial charge in [-0.1, -0.05) is 0 Å². The third-order valence-electron chi connectivity index (χ3n) is 7.28. The Morgan fingerprint density at radius 2 is 1.73 bits per heavy atom. The summed E-state index contributed by atoms with van der Waals surface area (Å²) in [5.74, 6) is -2.44. The fourth-order valence-electron chi connectivity index (χ4n) is 4.60. The Bertz CT molecular complexity index is 1620. The van der Waals surface area contributed by atoms with Crippen LogP contribution in [0.2, 0.25) is 0 Å². The first-order valence-corrected chi connectivity index (χ1v) is 14.2. The van der Waals surface area contributed by atoms with E-state index in [1.54, 1.807) is 6.92 Å². The Morgan fingerprint density at radius 1 is 1.10 bits per heavy atom. The van der Waals surface area contributed by atoms with Crippen molar-refractivity contribution in [2.75, 3.05) is 11.5 Å². The Morgan fingerprint density at radius 3 is 2.30 bits per heavy atom. The lowest BCUT2D eigenvalue weighted by molar-refractivity contribution is -0.274. The van der Waals surface area contributed by atoms with Crippen molar-refractivity contribution >= 4 is 26.8 Å². The summed E-state index contributed by atoms with van der Waals surface area (Å²) in [7, 11) is -3.18. The molecule has 0 saturated carbocycles. The van der Waals surface area contributed by atoms with Crippen LogP contribution in [0.4, 0.5) is 17.6 Å². The third kappa shape index (κ3) is 6.02. The van der Waals surface area contributed by atoms with Crippen LogP contribution in [-0.4, -0.2) is 57.6 Å². The lowest BCUT2D eigenvalue weighted by Crippen LogP contribution is -2.50. The van der Waals surface area contributed by atoms with E-state index in [1.807, 2.05) is 0 Å². The zero-order chi connectivity index (χ0) is 29.8. The number of carbonyl (C=O) groups excluding carboxylic acids is 1. The quantitative estimate of drug-likeness (QED) is 0.423. The minimum atomic E-state index is -5.05. The second-order valence-corrected chi connectivity index (χ2v) is 13.2. The first kappa shape index (κ1) is 29.6. The largest absolute Gasteiger partial charge is 0.573 e. The van der Waals surface area contributed by atoms with E-state index in [4.69, 9.17) is 0 Å². The van der Waals surface area contributed by atoms with E-state index in [0.717, 1.165) is 27.3 Å². The third-order valence-corrected chi connectivity index (χ3v) is 8.93. The van der Waals surface area contributed by atoms with Crippen molar-refractivity contribution in [2.45, 2.75) is 64.1 Å². The van der Waals surface area contributed by atoms with E-state index in [1.165, 1.54) is 39.0 Å². The molecule has 2 heterocycles. The molecule has 0 radical (unpaired) electrons. The Kier molecular flexibility index (Phi) is 7.33. The van der Waals surface area contributed by atoms with Crippen molar-refractivity contribution in [3.05, 3.63) is 58.3 Å². The van der Waals surface area contributed by atoms with Crippen LogP contribution in [-0.2, 0) is 9.84 Å². The van der Waals surface area contributed by atoms with Crippen LogP contribution in [0.1, 0.15) is 56.9 Å². The van der Waals surface area contributed by atoms with Crippen LogP contribution in [0.5, 0.6) is 5.75 Å². The highest BCUT2D eigenvalue weighted by atomic mass is 32.2. The molecule has 1 aliphatic heterocycles. The molecule has 2 aromatic carbocycles. The average molecular weight is 588 g/mol. The number of carbonyl (C=O) groups is 1. The van der Waals surface area contributed by atoms with Gasteiger partial charge in [0, 0.05) is 17.2 Å². The summed E-state index contributed by atoms with van der Waals surface area (Å²) < 4.78 is 83.0. The first-order chi connectivity index (χ1) is 18.3. The number of aromatic nitrogens is 2. The minimum Gasteiger partial charge on any atom is -0.406 e. The molecule has 3 aromatic rings. The van der Waals surface area contributed by atoms with Crippen LogP contribution < -0.4 is 15.7 Å². The van der Waals surface area contributed by atoms with Crippen molar-refractivity contribution in [1.82, 2.24) is 14.5 Å². The van der Waals surface area contributed by atoms with Gasteiger partial charge in [-0.2, -0.15) is 0 Å². The predicted octanol–water partition coefficient (Wildman–Crippen LogP) is 3.86. The fourth-order valence-corrected chi connectivity index (χ4v) is 6.33. The highest BCUT2D eigenvalue weighted by Gasteiger charge is 2.36. The molecular formula is C26H29F4N3O6S.